The molecule has 0 heterocycles. The molecule has 3 N–H and O–H groups in total. The summed E-state index contributed by atoms with van der Waals surface area (Å²) in [6.45, 7) is 13.4. The van der Waals surface area contributed by atoms with Crippen LogP contribution in [0.4, 0.5) is 0 Å². The van der Waals surface area contributed by atoms with E-state index in [1.54, 1.807) is 0 Å². The van der Waals surface area contributed by atoms with Crippen molar-refractivity contribution in [2.75, 3.05) is 19.8 Å². The molecule has 0 bridgehead atoms. The normalized spacial score (nSPS) is 9.53. The molecule has 0 aliphatic heterocycles. The summed E-state index contributed by atoms with van der Waals surface area (Å²) in [5.41, 5.74) is 0. The third-order valence-corrected chi connectivity index (χ3v) is 5.39. The summed E-state index contributed by atoms with van der Waals surface area (Å²) < 4.78 is 0. The van der Waals surface area contributed by atoms with Crippen molar-refractivity contribution in [2.45, 2.75) is 169 Å². The molecule has 0 aromatic carbocycles. The second-order valence-electron chi connectivity index (χ2n) is 9.03. The van der Waals surface area contributed by atoms with Crippen LogP contribution in [0.15, 0.2) is 0 Å². The number of hydrogen-bond acceptors (Lipinski definition) is 3. The minimum Gasteiger partial charge on any atom is -0.396 e. The Kier molecular flexibility index (Phi) is 71.8. The molecule has 0 atom stereocenters. The van der Waals surface area contributed by atoms with Crippen molar-refractivity contribution in [3.05, 3.63) is 6.92 Å². The smallest absolute Gasteiger partial charge is 0.0430 e. The molecule has 210 valence electrons. The Balaban J connectivity index is -0.000000143. The number of rotatable bonds is 21. The van der Waals surface area contributed by atoms with Gasteiger partial charge in [0.05, 0.1) is 0 Å². The topological polar surface area (TPSA) is 60.7 Å². The second kappa shape index (κ2) is 54.6. The van der Waals surface area contributed by atoms with Crippen LogP contribution in [0.5, 0.6) is 0 Å². The molecular weight excluding hydrogens is 500 g/mol. The van der Waals surface area contributed by atoms with Gasteiger partial charge in [-0.25, -0.2) is 0 Å². The van der Waals surface area contributed by atoms with E-state index in [4.69, 9.17) is 15.3 Å². The first-order valence-electron chi connectivity index (χ1n) is 14.8. The molecule has 4 heteroatoms. The van der Waals surface area contributed by atoms with Crippen LogP contribution in [0, 0.1) is 6.92 Å². The maximum absolute atomic E-state index is 8.07. The quantitative estimate of drug-likeness (QED) is 0.0957. The molecule has 0 saturated heterocycles. The summed E-state index contributed by atoms with van der Waals surface area (Å²) in [7, 11) is 0. The van der Waals surface area contributed by atoms with E-state index in [-0.39, 0.29) is 26.2 Å². The molecule has 0 aromatic rings. The van der Waals surface area contributed by atoms with Gasteiger partial charge in [-0.15, -0.1) is 0 Å². The second-order valence-corrected chi connectivity index (χ2v) is 9.03. The maximum atomic E-state index is 8.07. The zero-order valence-corrected chi connectivity index (χ0v) is 26.7. The first kappa shape index (κ1) is 44.7. The predicted molar refractivity (Wildman–Crippen MR) is 151 cm³/mol. The zero-order chi connectivity index (χ0) is 25.7. The first-order valence-corrected chi connectivity index (χ1v) is 14.8. The molecule has 0 aromatic heterocycles. The van der Waals surface area contributed by atoms with Crippen LogP contribution in [0.25, 0.3) is 0 Å². The Morgan fingerprint density at radius 3 is 0.706 bits per heavy atom. The van der Waals surface area contributed by atoms with Crippen LogP contribution in [0.1, 0.15) is 169 Å². The fourth-order valence-corrected chi connectivity index (χ4v) is 3.02. The molecule has 0 unspecified atom stereocenters. The first-order chi connectivity index (χ1) is 16.2. The molecule has 0 spiro atoms. The Morgan fingerprint density at radius 1 is 0.353 bits per heavy atom. The average molecular weight is 567 g/mol. The van der Waals surface area contributed by atoms with Gasteiger partial charge in [-0.1, -0.05) is 143 Å². The van der Waals surface area contributed by atoms with Crippen LogP contribution in [-0.2, 0) is 26.2 Å². The molecule has 3 nitrogen and oxygen atoms in total. The number of aliphatic hydroxyl groups is 3. The maximum Gasteiger partial charge on any atom is 0.0430 e. The summed E-state index contributed by atoms with van der Waals surface area (Å²) in [6.07, 6.45) is 28.9. The Hall–Kier alpha value is 0.763. The van der Waals surface area contributed by atoms with Gasteiger partial charge in [0.25, 0.3) is 0 Å². The summed E-state index contributed by atoms with van der Waals surface area (Å²) in [5, 5.41) is 24.2. The van der Waals surface area contributed by atoms with Crippen molar-refractivity contribution in [3.63, 3.8) is 0 Å². The van der Waals surface area contributed by atoms with E-state index < -0.39 is 0 Å². The third-order valence-electron chi connectivity index (χ3n) is 5.39. The fourth-order valence-electron chi connectivity index (χ4n) is 3.02. The number of aliphatic hydroxyl groups excluding tert-OH is 3. The predicted octanol–water partition coefficient (Wildman–Crippen LogP) is 9.42. The van der Waals surface area contributed by atoms with Gasteiger partial charge >= 0.3 is 0 Å². The van der Waals surface area contributed by atoms with Crippen LogP contribution < -0.4 is 0 Å². The minimum absolute atomic E-state index is 0. The van der Waals surface area contributed by atoms with E-state index in [0.717, 1.165) is 44.9 Å². The van der Waals surface area contributed by atoms with Crippen LogP contribution in [0.2, 0.25) is 0 Å². The van der Waals surface area contributed by atoms with Crippen LogP contribution in [-0.4, -0.2) is 35.1 Å². The summed E-state index contributed by atoms with van der Waals surface area (Å²) in [6, 6.07) is 0. The Bertz CT molecular complexity index is 217. The van der Waals surface area contributed by atoms with Crippen LogP contribution >= 0.6 is 0 Å². The standard InChI is InChI=1S/C18H37.3C4H10O.Zr/c1-3-5-7-9-11-13-15-17-18-16-14-12-10-8-6-4-2;3*1-2-3-4-5;/h1,3-18H2,2H3;3*5H,2-4H2,1H3;/q-1;;;;. The fraction of sp³-hybridized carbons (Fsp3) is 0.967. The van der Waals surface area contributed by atoms with E-state index >= 15 is 0 Å². The van der Waals surface area contributed by atoms with Crippen LogP contribution in [0.3, 0.4) is 0 Å². The molecule has 0 aliphatic carbocycles. The summed E-state index contributed by atoms with van der Waals surface area (Å²) >= 11 is 0. The monoisotopic (exact) mass is 565 g/mol. The molecule has 34 heavy (non-hydrogen) atoms. The van der Waals surface area contributed by atoms with Crippen molar-refractivity contribution < 1.29 is 41.5 Å². The molecule has 0 aliphatic rings. The molecular formula is C30H67O3Zr-. The van der Waals surface area contributed by atoms with Gasteiger partial charge < -0.3 is 22.2 Å². The van der Waals surface area contributed by atoms with E-state index in [1.807, 2.05) is 0 Å². The third kappa shape index (κ3) is 69.8. The molecule has 0 amide bonds. The van der Waals surface area contributed by atoms with Gasteiger partial charge in [-0.3, -0.25) is 0 Å². The van der Waals surface area contributed by atoms with Crippen molar-refractivity contribution in [1.29, 1.82) is 0 Å². The molecule has 0 fully saturated rings. The van der Waals surface area contributed by atoms with Gasteiger partial charge in [-0.05, 0) is 19.3 Å². The van der Waals surface area contributed by atoms with Gasteiger partial charge in [0, 0.05) is 46.0 Å². The number of hydrogen-bond donors (Lipinski definition) is 3. The Labute approximate surface area is 236 Å². The van der Waals surface area contributed by atoms with Gasteiger partial charge in [-0.2, -0.15) is 6.42 Å². The number of unbranched alkanes of at least 4 members (excludes halogenated alkanes) is 18. The zero-order valence-electron chi connectivity index (χ0n) is 24.2. The van der Waals surface area contributed by atoms with Crippen molar-refractivity contribution in [2.24, 2.45) is 0 Å². The van der Waals surface area contributed by atoms with E-state index in [0.29, 0.717) is 19.8 Å². The van der Waals surface area contributed by atoms with Gasteiger partial charge in [0.1, 0.15) is 0 Å². The molecule has 0 saturated carbocycles. The van der Waals surface area contributed by atoms with Crippen molar-refractivity contribution in [3.8, 4) is 0 Å². The van der Waals surface area contributed by atoms with Gasteiger partial charge in [0.15, 0.2) is 0 Å². The molecule has 0 radical (unpaired) electrons. The SMILES string of the molecule is CCCCO.CCCCO.CCCCO.[CH2-]CCCCCCCCCCCCCCCCC.[Zr]. The average Bonchev–Trinajstić information content (AvgIpc) is 2.82. The van der Waals surface area contributed by atoms with E-state index in [1.165, 1.54) is 96.3 Å². The van der Waals surface area contributed by atoms with E-state index in [2.05, 4.69) is 34.6 Å². The van der Waals surface area contributed by atoms with E-state index in [9.17, 15) is 0 Å². The minimum atomic E-state index is 0. The Morgan fingerprint density at radius 2 is 0.559 bits per heavy atom. The summed E-state index contributed by atoms with van der Waals surface area (Å²) in [4.78, 5) is 0. The van der Waals surface area contributed by atoms with Crippen molar-refractivity contribution >= 4 is 0 Å². The summed E-state index contributed by atoms with van der Waals surface area (Å²) in [5.74, 6) is 0. The molecule has 0 rings (SSSR count). The van der Waals surface area contributed by atoms with Crippen molar-refractivity contribution in [1.82, 2.24) is 0 Å². The largest absolute Gasteiger partial charge is 0.396 e. The van der Waals surface area contributed by atoms with Gasteiger partial charge in [0.2, 0.25) is 0 Å².